The highest BCUT2D eigenvalue weighted by molar-refractivity contribution is 5.42. The lowest BCUT2D eigenvalue weighted by Gasteiger charge is -2.16. The molecule has 0 saturated heterocycles. The molecule has 1 heterocycles. The first-order chi connectivity index (χ1) is 8.51. The number of rotatable bonds is 7. The van der Waals surface area contributed by atoms with E-state index in [1.165, 1.54) is 19.3 Å². The van der Waals surface area contributed by atoms with E-state index < -0.39 is 0 Å². The van der Waals surface area contributed by atoms with Gasteiger partial charge in [-0.1, -0.05) is 26.7 Å². The zero-order valence-corrected chi connectivity index (χ0v) is 12.2. The molecule has 0 aliphatic carbocycles. The van der Waals surface area contributed by atoms with Gasteiger partial charge in [0.1, 0.15) is 5.82 Å². The molecule has 0 aliphatic heterocycles. The van der Waals surface area contributed by atoms with Crippen molar-refractivity contribution < 1.29 is 0 Å². The first kappa shape index (κ1) is 14.7. The second-order valence-corrected chi connectivity index (χ2v) is 5.34. The monoisotopic (exact) mass is 250 g/mol. The smallest absolute Gasteiger partial charge is 0.224 e. The fourth-order valence-electron chi connectivity index (χ4n) is 1.91. The third-order valence-electron chi connectivity index (χ3n) is 2.89. The summed E-state index contributed by atoms with van der Waals surface area (Å²) in [7, 11) is 1.84. The van der Waals surface area contributed by atoms with Gasteiger partial charge in [0.05, 0.1) is 0 Å². The van der Waals surface area contributed by atoms with Gasteiger partial charge < -0.3 is 10.6 Å². The molecule has 102 valence electrons. The Bertz CT molecular complexity index is 363. The number of hydrogen-bond donors (Lipinski definition) is 2. The van der Waals surface area contributed by atoms with Crippen LogP contribution in [0.2, 0.25) is 0 Å². The van der Waals surface area contributed by atoms with Crippen LogP contribution in [0.5, 0.6) is 0 Å². The Morgan fingerprint density at radius 2 is 1.89 bits per heavy atom. The zero-order valence-electron chi connectivity index (χ0n) is 12.2. The molecule has 1 aromatic heterocycles. The van der Waals surface area contributed by atoms with Gasteiger partial charge in [-0.3, -0.25) is 0 Å². The number of aryl methyl sites for hydroxylation is 1. The summed E-state index contributed by atoms with van der Waals surface area (Å²) in [6.45, 7) is 8.73. The molecule has 0 aromatic carbocycles. The lowest BCUT2D eigenvalue weighted by Crippen LogP contribution is -2.17. The van der Waals surface area contributed by atoms with Gasteiger partial charge >= 0.3 is 0 Å². The van der Waals surface area contributed by atoms with Crippen molar-refractivity contribution in [3.8, 4) is 0 Å². The third kappa shape index (κ3) is 5.34. The summed E-state index contributed by atoms with van der Waals surface area (Å²) in [5.41, 5.74) is 0.978. The van der Waals surface area contributed by atoms with Crippen LogP contribution in [-0.4, -0.2) is 23.1 Å². The molecule has 18 heavy (non-hydrogen) atoms. The van der Waals surface area contributed by atoms with Crippen LogP contribution in [0, 0.1) is 12.8 Å². The van der Waals surface area contributed by atoms with Crippen molar-refractivity contribution in [3.05, 3.63) is 11.8 Å². The zero-order chi connectivity index (χ0) is 13.5. The molecule has 2 N–H and O–H groups in total. The summed E-state index contributed by atoms with van der Waals surface area (Å²) in [4.78, 5) is 8.68. The maximum Gasteiger partial charge on any atom is 0.224 e. The minimum absolute atomic E-state index is 0.447. The molecular weight excluding hydrogens is 224 g/mol. The molecule has 0 aliphatic rings. The van der Waals surface area contributed by atoms with Crippen LogP contribution >= 0.6 is 0 Å². The minimum Gasteiger partial charge on any atom is -0.367 e. The summed E-state index contributed by atoms with van der Waals surface area (Å²) in [6, 6.07) is 2.43. The predicted molar refractivity (Wildman–Crippen MR) is 78.1 cm³/mol. The normalized spacial score (nSPS) is 12.6. The van der Waals surface area contributed by atoms with Gasteiger partial charge in [-0.15, -0.1) is 0 Å². The number of anilines is 2. The highest BCUT2D eigenvalue weighted by Crippen LogP contribution is 2.14. The van der Waals surface area contributed by atoms with E-state index in [4.69, 9.17) is 0 Å². The Kier molecular flexibility index (Phi) is 5.89. The first-order valence-electron chi connectivity index (χ1n) is 6.81. The topological polar surface area (TPSA) is 49.8 Å². The average molecular weight is 250 g/mol. The van der Waals surface area contributed by atoms with Gasteiger partial charge in [-0.05, 0) is 26.2 Å². The van der Waals surface area contributed by atoms with Crippen LogP contribution in [0.4, 0.5) is 11.8 Å². The Balaban J connectivity index is 2.48. The third-order valence-corrected chi connectivity index (χ3v) is 2.89. The first-order valence-corrected chi connectivity index (χ1v) is 6.81. The Morgan fingerprint density at radius 1 is 1.17 bits per heavy atom. The standard InChI is InChI=1S/C14H26N4/c1-10(2)7-6-8-11(3)16-13-9-12(4)17-14(15-5)18-13/h9-11H,6-8H2,1-5H3,(H2,15,16,17,18). The molecular formula is C14H26N4. The van der Waals surface area contributed by atoms with Gasteiger partial charge in [0.25, 0.3) is 0 Å². The lowest BCUT2D eigenvalue weighted by molar-refractivity contribution is 0.520. The molecule has 1 unspecified atom stereocenters. The lowest BCUT2D eigenvalue weighted by atomic mass is 10.0. The molecule has 1 atom stereocenters. The summed E-state index contributed by atoms with van der Waals surface area (Å²) < 4.78 is 0. The van der Waals surface area contributed by atoms with Crippen LogP contribution in [0.3, 0.4) is 0 Å². The minimum atomic E-state index is 0.447. The summed E-state index contributed by atoms with van der Waals surface area (Å²) in [6.07, 6.45) is 3.72. The molecule has 0 spiro atoms. The Labute approximate surface area is 111 Å². The number of nitrogens with one attached hydrogen (secondary N) is 2. The molecule has 0 bridgehead atoms. The van der Waals surface area contributed by atoms with E-state index in [1.807, 2.05) is 20.0 Å². The highest BCUT2D eigenvalue weighted by Gasteiger charge is 2.06. The van der Waals surface area contributed by atoms with Crippen molar-refractivity contribution >= 4 is 11.8 Å². The van der Waals surface area contributed by atoms with Crippen molar-refractivity contribution in [2.45, 2.75) is 53.0 Å². The SMILES string of the molecule is CNc1nc(C)cc(NC(C)CCCC(C)C)n1. The van der Waals surface area contributed by atoms with E-state index in [9.17, 15) is 0 Å². The molecule has 0 fully saturated rings. The van der Waals surface area contributed by atoms with E-state index in [-0.39, 0.29) is 0 Å². The van der Waals surface area contributed by atoms with Crippen molar-refractivity contribution in [1.29, 1.82) is 0 Å². The van der Waals surface area contributed by atoms with Crippen LogP contribution in [-0.2, 0) is 0 Å². The van der Waals surface area contributed by atoms with Crippen molar-refractivity contribution in [2.24, 2.45) is 5.92 Å². The summed E-state index contributed by atoms with van der Waals surface area (Å²) in [5.74, 6) is 2.37. The largest absolute Gasteiger partial charge is 0.367 e. The second-order valence-electron chi connectivity index (χ2n) is 5.34. The molecule has 4 heteroatoms. The van der Waals surface area contributed by atoms with Crippen molar-refractivity contribution in [2.75, 3.05) is 17.7 Å². The van der Waals surface area contributed by atoms with E-state index >= 15 is 0 Å². The second kappa shape index (κ2) is 7.19. The van der Waals surface area contributed by atoms with Gasteiger partial charge in [-0.2, -0.15) is 4.98 Å². The van der Waals surface area contributed by atoms with Gasteiger partial charge in [0.2, 0.25) is 5.95 Å². The Hall–Kier alpha value is -1.32. The summed E-state index contributed by atoms with van der Waals surface area (Å²) >= 11 is 0. The van der Waals surface area contributed by atoms with Gasteiger partial charge in [0, 0.05) is 24.8 Å². The molecule has 4 nitrogen and oxygen atoms in total. The molecule has 0 radical (unpaired) electrons. The number of nitrogens with zero attached hydrogens (tertiary/aromatic N) is 2. The van der Waals surface area contributed by atoms with Crippen molar-refractivity contribution in [3.63, 3.8) is 0 Å². The molecule has 1 aromatic rings. The van der Waals surface area contributed by atoms with Crippen LogP contribution in [0.15, 0.2) is 6.07 Å². The maximum absolute atomic E-state index is 4.40. The average Bonchev–Trinajstić information content (AvgIpc) is 2.27. The van der Waals surface area contributed by atoms with Crippen molar-refractivity contribution in [1.82, 2.24) is 9.97 Å². The molecule has 1 rings (SSSR count). The number of hydrogen-bond acceptors (Lipinski definition) is 4. The fraction of sp³-hybridized carbons (Fsp3) is 0.714. The predicted octanol–water partition coefficient (Wildman–Crippen LogP) is 3.45. The fourth-order valence-corrected chi connectivity index (χ4v) is 1.91. The molecule has 0 saturated carbocycles. The van der Waals surface area contributed by atoms with Gasteiger partial charge in [-0.25, -0.2) is 4.98 Å². The quantitative estimate of drug-likeness (QED) is 0.778. The van der Waals surface area contributed by atoms with E-state index in [1.54, 1.807) is 0 Å². The Morgan fingerprint density at radius 3 is 2.50 bits per heavy atom. The van der Waals surface area contributed by atoms with E-state index in [2.05, 4.69) is 41.4 Å². The van der Waals surface area contributed by atoms with E-state index in [0.717, 1.165) is 17.4 Å². The molecule has 0 amide bonds. The van der Waals surface area contributed by atoms with Gasteiger partial charge in [0.15, 0.2) is 0 Å². The summed E-state index contributed by atoms with van der Waals surface area (Å²) in [5, 5.41) is 6.42. The van der Waals surface area contributed by atoms with Crippen LogP contribution in [0.25, 0.3) is 0 Å². The maximum atomic E-state index is 4.40. The van der Waals surface area contributed by atoms with Crippen LogP contribution < -0.4 is 10.6 Å². The number of aromatic nitrogens is 2. The van der Waals surface area contributed by atoms with E-state index in [0.29, 0.717) is 12.0 Å². The van der Waals surface area contributed by atoms with Crippen LogP contribution in [0.1, 0.15) is 45.7 Å². The highest BCUT2D eigenvalue weighted by atomic mass is 15.1.